The summed E-state index contributed by atoms with van der Waals surface area (Å²) in [5.74, 6) is 0.574. The fraction of sp³-hybridized carbons (Fsp3) is 0.875. The molecule has 0 saturated heterocycles. The van der Waals surface area contributed by atoms with E-state index in [1.807, 2.05) is 0 Å². The molecule has 5 nitrogen and oxygen atoms in total. The summed E-state index contributed by atoms with van der Waals surface area (Å²) in [6.07, 6.45) is 7.24. The Balaban J connectivity index is 2.03. The van der Waals surface area contributed by atoms with E-state index in [1.54, 1.807) is 0 Å². The summed E-state index contributed by atoms with van der Waals surface area (Å²) < 4.78 is 0. The van der Waals surface area contributed by atoms with Crippen molar-refractivity contribution in [2.45, 2.75) is 71.3 Å². The summed E-state index contributed by atoms with van der Waals surface area (Å²) in [5.41, 5.74) is 0. The van der Waals surface area contributed by atoms with E-state index < -0.39 is 5.97 Å². The number of rotatable bonds is 9. The first kappa shape index (κ1) is 17.8. The molecule has 0 aromatic rings. The van der Waals surface area contributed by atoms with Crippen molar-refractivity contribution in [3.05, 3.63) is 0 Å². The minimum atomic E-state index is -0.733. The van der Waals surface area contributed by atoms with Crippen LogP contribution >= 0.6 is 0 Å². The maximum atomic E-state index is 11.8. The highest BCUT2D eigenvalue weighted by atomic mass is 16.4. The van der Waals surface area contributed by atoms with Gasteiger partial charge in [-0.1, -0.05) is 33.1 Å². The number of urea groups is 1. The molecule has 1 aliphatic carbocycles. The van der Waals surface area contributed by atoms with Crippen molar-refractivity contribution in [3.63, 3.8) is 0 Å². The molecule has 0 bridgehead atoms. The molecule has 1 aliphatic rings. The van der Waals surface area contributed by atoms with Gasteiger partial charge in [0.1, 0.15) is 0 Å². The minimum absolute atomic E-state index is 0.0610. The van der Waals surface area contributed by atoms with Gasteiger partial charge in [-0.2, -0.15) is 0 Å². The second kappa shape index (κ2) is 9.64. The SMILES string of the molecule is CCC1CCC(NC(=O)NCCCCCCC(=O)O)C1C. The van der Waals surface area contributed by atoms with E-state index in [4.69, 9.17) is 5.11 Å². The number of nitrogens with one attached hydrogen (secondary N) is 2. The smallest absolute Gasteiger partial charge is 0.315 e. The molecule has 122 valence electrons. The number of amides is 2. The largest absolute Gasteiger partial charge is 0.481 e. The fourth-order valence-electron chi connectivity index (χ4n) is 3.20. The zero-order valence-electron chi connectivity index (χ0n) is 13.4. The van der Waals surface area contributed by atoms with Crippen LogP contribution in [0.5, 0.6) is 0 Å². The van der Waals surface area contributed by atoms with E-state index in [0.717, 1.165) is 38.0 Å². The molecular formula is C16H30N2O3. The van der Waals surface area contributed by atoms with Crippen molar-refractivity contribution in [2.75, 3.05) is 6.54 Å². The highest BCUT2D eigenvalue weighted by Crippen LogP contribution is 2.33. The summed E-state index contributed by atoms with van der Waals surface area (Å²) >= 11 is 0. The van der Waals surface area contributed by atoms with Crippen LogP contribution in [-0.4, -0.2) is 29.7 Å². The maximum Gasteiger partial charge on any atom is 0.315 e. The Morgan fingerprint density at radius 1 is 1.14 bits per heavy atom. The Labute approximate surface area is 127 Å². The molecule has 0 spiro atoms. The van der Waals surface area contributed by atoms with Crippen molar-refractivity contribution in [3.8, 4) is 0 Å². The number of carbonyl (C=O) groups excluding carboxylic acids is 1. The summed E-state index contributed by atoms with van der Waals surface area (Å²) in [5, 5.41) is 14.5. The molecule has 1 rings (SSSR count). The molecule has 3 atom stereocenters. The van der Waals surface area contributed by atoms with Gasteiger partial charge in [0.25, 0.3) is 0 Å². The van der Waals surface area contributed by atoms with Crippen LogP contribution in [-0.2, 0) is 4.79 Å². The quantitative estimate of drug-likeness (QED) is 0.572. The van der Waals surface area contributed by atoms with E-state index in [-0.39, 0.29) is 12.5 Å². The average Bonchev–Trinajstić information content (AvgIpc) is 2.78. The Morgan fingerprint density at radius 3 is 2.48 bits per heavy atom. The normalized spacial score (nSPS) is 24.8. The lowest BCUT2D eigenvalue weighted by Crippen LogP contribution is -2.44. The molecule has 1 saturated carbocycles. The van der Waals surface area contributed by atoms with Crippen LogP contribution in [0.1, 0.15) is 65.2 Å². The lowest BCUT2D eigenvalue weighted by Gasteiger charge is -2.21. The van der Waals surface area contributed by atoms with Crippen LogP contribution in [0, 0.1) is 11.8 Å². The predicted octanol–water partition coefficient (Wildman–Crippen LogP) is 3.15. The molecule has 1 fully saturated rings. The molecule has 2 amide bonds. The molecule has 5 heteroatoms. The van der Waals surface area contributed by atoms with Crippen molar-refractivity contribution >= 4 is 12.0 Å². The van der Waals surface area contributed by atoms with Crippen molar-refractivity contribution < 1.29 is 14.7 Å². The predicted molar refractivity (Wildman–Crippen MR) is 83.2 cm³/mol. The van der Waals surface area contributed by atoms with Gasteiger partial charge in [-0.15, -0.1) is 0 Å². The van der Waals surface area contributed by atoms with Gasteiger partial charge in [0.2, 0.25) is 0 Å². The highest BCUT2D eigenvalue weighted by molar-refractivity contribution is 5.74. The topological polar surface area (TPSA) is 78.4 Å². The number of carbonyl (C=O) groups is 2. The van der Waals surface area contributed by atoms with Crippen molar-refractivity contribution in [1.29, 1.82) is 0 Å². The van der Waals surface area contributed by atoms with E-state index in [0.29, 0.717) is 18.5 Å². The Kier molecular flexibility index (Phi) is 8.16. The number of hydrogen-bond donors (Lipinski definition) is 3. The Bertz CT molecular complexity index is 333. The zero-order valence-corrected chi connectivity index (χ0v) is 13.4. The van der Waals surface area contributed by atoms with Crippen LogP contribution in [0.3, 0.4) is 0 Å². The number of carboxylic acids is 1. The van der Waals surface area contributed by atoms with Gasteiger partial charge in [0.15, 0.2) is 0 Å². The zero-order chi connectivity index (χ0) is 15.7. The van der Waals surface area contributed by atoms with Gasteiger partial charge in [-0.25, -0.2) is 4.79 Å². The Hall–Kier alpha value is -1.26. The molecular weight excluding hydrogens is 268 g/mol. The summed E-state index contributed by atoms with van der Waals surface area (Å²) in [4.78, 5) is 22.2. The van der Waals surface area contributed by atoms with Crippen LogP contribution < -0.4 is 10.6 Å². The number of unbranched alkanes of at least 4 members (excludes halogenated alkanes) is 3. The summed E-state index contributed by atoms with van der Waals surface area (Å²) in [6.45, 7) is 5.11. The fourth-order valence-corrected chi connectivity index (χ4v) is 3.20. The van der Waals surface area contributed by atoms with Crippen LogP contribution in [0.4, 0.5) is 4.79 Å². The standard InChI is InChI=1S/C16H30N2O3/c1-3-13-9-10-14(12(13)2)18-16(21)17-11-7-5-4-6-8-15(19)20/h12-14H,3-11H2,1-2H3,(H,19,20)(H2,17,18,21). The van der Waals surface area contributed by atoms with Gasteiger partial charge >= 0.3 is 12.0 Å². The van der Waals surface area contributed by atoms with E-state index >= 15 is 0 Å². The molecule has 0 radical (unpaired) electrons. The van der Waals surface area contributed by atoms with Gasteiger partial charge in [0.05, 0.1) is 0 Å². The maximum absolute atomic E-state index is 11.8. The second-order valence-corrected chi connectivity index (χ2v) is 6.17. The second-order valence-electron chi connectivity index (χ2n) is 6.17. The monoisotopic (exact) mass is 298 g/mol. The van der Waals surface area contributed by atoms with Crippen LogP contribution in [0.15, 0.2) is 0 Å². The molecule has 3 N–H and O–H groups in total. The first-order valence-electron chi connectivity index (χ1n) is 8.30. The third kappa shape index (κ3) is 6.82. The number of hydrogen-bond acceptors (Lipinski definition) is 2. The molecule has 0 aromatic heterocycles. The molecule has 0 aromatic carbocycles. The van der Waals surface area contributed by atoms with Crippen molar-refractivity contribution in [2.24, 2.45) is 11.8 Å². The first-order chi connectivity index (χ1) is 10.0. The van der Waals surface area contributed by atoms with Gasteiger partial charge in [-0.05, 0) is 37.5 Å². The Morgan fingerprint density at radius 2 is 1.86 bits per heavy atom. The molecule has 0 aliphatic heterocycles. The molecule has 0 heterocycles. The van der Waals surface area contributed by atoms with E-state index in [9.17, 15) is 9.59 Å². The van der Waals surface area contributed by atoms with Gasteiger partial charge in [0, 0.05) is 19.0 Å². The lowest BCUT2D eigenvalue weighted by atomic mass is 9.94. The highest BCUT2D eigenvalue weighted by Gasteiger charge is 2.32. The summed E-state index contributed by atoms with van der Waals surface area (Å²) in [7, 11) is 0. The minimum Gasteiger partial charge on any atom is -0.481 e. The third-order valence-electron chi connectivity index (χ3n) is 4.67. The first-order valence-corrected chi connectivity index (χ1v) is 8.30. The molecule has 21 heavy (non-hydrogen) atoms. The number of carboxylic acid groups (broad SMARTS) is 1. The number of aliphatic carboxylic acids is 1. The lowest BCUT2D eigenvalue weighted by molar-refractivity contribution is -0.137. The van der Waals surface area contributed by atoms with Gasteiger partial charge < -0.3 is 15.7 Å². The van der Waals surface area contributed by atoms with Gasteiger partial charge in [-0.3, -0.25) is 4.79 Å². The van der Waals surface area contributed by atoms with Crippen LogP contribution in [0.2, 0.25) is 0 Å². The average molecular weight is 298 g/mol. The van der Waals surface area contributed by atoms with E-state index in [2.05, 4.69) is 24.5 Å². The van der Waals surface area contributed by atoms with Crippen LogP contribution in [0.25, 0.3) is 0 Å². The third-order valence-corrected chi connectivity index (χ3v) is 4.67. The van der Waals surface area contributed by atoms with E-state index in [1.165, 1.54) is 12.8 Å². The van der Waals surface area contributed by atoms with Crippen molar-refractivity contribution in [1.82, 2.24) is 10.6 Å². The molecule has 3 unspecified atom stereocenters. The summed E-state index contributed by atoms with van der Waals surface area (Å²) in [6, 6.07) is 0.250.